The van der Waals surface area contributed by atoms with E-state index in [0.29, 0.717) is 0 Å². The van der Waals surface area contributed by atoms with Crippen molar-refractivity contribution >= 4 is 0 Å². The minimum absolute atomic E-state index is 0.901. The fraction of sp³-hybridized carbons (Fsp3) is 0.895. The molecule has 1 fully saturated rings. The van der Waals surface area contributed by atoms with Gasteiger partial charge in [-0.25, -0.2) is 0 Å². The van der Waals surface area contributed by atoms with Crippen LogP contribution in [0.3, 0.4) is 0 Å². The lowest BCUT2D eigenvalue weighted by Crippen LogP contribution is -1.95. The maximum absolute atomic E-state index is 2.55. The third-order valence-electron chi connectivity index (χ3n) is 4.53. The number of hydrogen-bond donors (Lipinski definition) is 0. The summed E-state index contributed by atoms with van der Waals surface area (Å²) >= 11 is 0. The van der Waals surface area contributed by atoms with E-state index in [9.17, 15) is 0 Å². The lowest BCUT2D eigenvalue weighted by atomic mass is 9.96. The van der Waals surface area contributed by atoms with Crippen LogP contribution in [-0.4, -0.2) is 0 Å². The maximum Gasteiger partial charge on any atom is -0.0234 e. The minimum atomic E-state index is 0.901. The van der Waals surface area contributed by atoms with Gasteiger partial charge in [0.1, 0.15) is 0 Å². The predicted octanol–water partition coefficient (Wildman–Crippen LogP) is 7.04. The Balaban J connectivity index is 2.02. The summed E-state index contributed by atoms with van der Waals surface area (Å²) < 4.78 is 0. The van der Waals surface area contributed by atoms with Crippen LogP contribution in [0, 0.1) is 5.92 Å². The Morgan fingerprint density at radius 2 is 1.32 bits per heavy atom. The molecule has 1 aliphatic carbocycles. The van der Waals surface area contributed by atoms with Gasteiger partial charge in [0.2, 0.25) is 0 Å². The van der Waals surface area contributed by atoms with Crippen molar-refractivity contribution in [2.45, 2.75) is 103 Å². The van der Waals surface area contributed by atoms with E-state index < -0.39 is 0 Å². The first kappa shape index (κ1) is 16.8. The van der Waals surface area contributed by atoms with Crippen LogP contribution in [0.4, 0.5) is 0 Å². The monoisotopic (exact) mass is 264 g/mol. The van der Waals surface area contributed by atoms with Crippen LogP contribution in [0.15, 0.2) is 12.2 Å². The molecule has 0 amide bonds. The number of allylic oxidation sites excluding steroid dienone is 2. The zero-order valence-corrected chi connectivity index (χ0v) is 13.3. The summed E-state index contributed by atoms with van der Waals surface area (Å²) in [4.78, 5) is 0. The molecule has 19 heavy (non-hydrogen) atoms. The second kappa shape index (κ2) is 12.8. The highest BCUT2D eigenvalue weighted by atomic mass is 14.1. The van der Waals surface area contributed by atoms with Crippen molar-refractivity contribution in [2.24, 2.45) is 5.92 Å². The highest BCUT2D eigenvalue weighted by Gasteiger charge is 2.06. The van der Waals surface area contributed by atoms with Crippen molar-refractivity contribution in [1.82, 2.24) is 0 Å². The summed E-state index contributed by atoms with van der Waals surface area (Å²) in [5.74, 6) is 0.901. The average Bonchev–Trinajstić information content (AvgIpc) is 2.55. The SMILES string of the molecule is CCCCCCCCC=CC1CCCCCCCC1. The topological polar surface area (TPSA) is 0 Å². The summed E-state index contributed by atoms with van der Waals surface area (Å²) in [5.41, 5.74) is 0. The first-order valence-electron chi connectivity index (χ1n) is 9.10. The molecule has 0 atom stereocenters. The fourth-order valence-electron chi connectivity index (χ4n) is 3.19. The van der Waals surface area contributed by atoms with E-state index in [1.54, 1.807) is 0 Å². The summed E-state index contributed by atoms with van der Waals surface area (Å²) in [6.07, 6.45) is 26.6. The van der Waals surface area contributed by atoms with Crippen LogP contribution in [0.1, 0.15) is 103 Å². The van der Waals surface area contributed by atoms with E-state index in [1.807, 2.05) is 0 Å². The van der Waals surface area contributed by atoms with Crippen molar-refractivity contribution < 1.29 is 0 Å². The van der Waals surface area contributed by atoms with Gasteiger partial charge in [0.05, 0.1) is 0 Å². The van der Waals surface area contributed by atoms with Gasteiger partial charge in [0, 0.05) is 0 Å². The quantitative estimate of drug-likeness (QED) is 0.325. The van der Waals surface area contributed by atoms with Crippen molar-refractivity contribution in [3.8, 4) is 0 Å². The lowest BCUT2D eigenvalue weighted by molar-refractivity contribution is 0.508. The summed E-state index contributed by atoms with van der Waals surface area (Å²) in [7, 11) is 0. The fourth-order valence-corrected chi connectivity index (χ4v) is 3.19. The Kier molecular flexibility index (Phi) is 11.3. The molecule has 1 rings (SSSR count). The minimum Gasteiger partial charge on any atom is -0.0883 e. The molecule has 0 heterocycles. The maximum atomic E-state index is 2.55. The van der Waals surface area contributed by atoms with Gasteiger partial charge < -0.3 is 0 Å². The molecular formula is C19H36. The van der Waals surface area contributed by atoms with E-state index in [1.165, 1.54) is 96.3 Å². The Morgan fingerprint density at radius 1 is 0.737 bits per heavy atom. The van der Waals surface area contributed by atoms with Crippen LogP contribution in [-0.2, 0) is 0 Å². The van der Waals surface area contributed by atoms with Crippen molar-refractivity contribution in [3.05, 3.63) is 12.2 Å². The van der Waals surface area contributed by atoms with Gasteiger partial charge in [-0.3, -0.25) is 0 Å². The molecule has 0 aromatic heterocycles. The second-order valence-electron chi connectivity index (χ2n) is 6.44. The standard InChI is InChI=1S/C19H36/c1-2-3-4-5-6-7-10-13-16-19-17-14-11-8-9-12-15-18-19/h13,16,19H,2-12,14-15,17-18H2,1H3. The van der Waals surface area contributed by atoms with Crippen LogP contribution >= 0.6 is 0 Å². The van der Waals surface area contributed by atoms with Gasteiger partial charge in [-0.15, -0.1) is 0 Å². The Morgan fingerprint density at radius 3 is 2.00 bits per heavy atom. The van der Waals surface area contributed by atoms with Gasteiger partial charge in [0.25, 0.3) is 0 Å². The van der Waals surface area contributed by atoms with Gasteiger partial charge in [-0.1, -0.05) is 89.7 Å². The number of hydrogen-bond acceptors (Lipinski definition) is 0. The van der Waals surface area contributed by atoms with Crippen molar-refractivity contribution in [3.63, 3.8) is 0 Å². The van der Waals surface area contributed by atoms with Gasteiger partial charge in [0.15, 0.2) is 0 Å². The Bertz CT molecular complexity index is 194. The molecule has 0 nitrogen and oxygen atoms in total. The normalized spacial score (nSPS) is 19.2. The molecule has 1 saturated carbocycles. The molecule has 1 aliphatic rings. The van der Waals surface area contributed by atoms with Gasteiger partial charge >= 0.3 is 0 Å². The zero-order valence-electron chi connectivity index (χ0n) is 13.3. The molecule has 0 radical (unpaired) electrons. The van der Waals surface area contributed by atoms with Gasteiger partial charge in [-0.2, -0.15) is 0 Å². The van der Waals surface area contributed by atoms with E-state index in [2.05, 4.69) is 19.1 Å². The van der Waals surface area contributed by atoms with Crippen LogP contribution < -0.4 is 0 Å². The molecule has 0 aliphatic heterocycles. The van der Waals surface area contributed by atoms with Crippen molar-refractivity contribution in [1.29, 1.82) is 0 Å². The predicted molar refractivity (Wildman–Crippen MR) is 87.6 cm³/mol. The molecule has 0 heteroatoms. The van der Waals surface area contributed by atoms with E-state index in [-0.39, 0.29) is 0 Å². The molecule has 0 aromatic rings. The third kappa shape index (κ3) is 10.2. The van der Waals surface area contributed by atoms with Crippen LogP contribution in [0.2, 0.25) is 0 Å². The summed E-state index contributed by atoms with van der Waals surface area (Å²) in [6, 6.07) is 0. The highest BCUT2D eigenvalue weighted by Crippen LogP contribution is 2.23. The molecule has 0 saturated heterocycles. The number of rotatable bonds is 8. The van der Waals surface area contributed by atoms with Crippen LogP contribution in [0.25, 0.3) is 0 Å². The molecule has 0 spiro atoms. The van der Waals surface area contributed by atoms with E-state index in [0.717, 1.165) is 5.92 Å². The Hall–Kier alpha value is -0.260. The first-order valence-corrected chi connectivity index (χ1v) is 9.10. The first-order chi connectivity index (χ1) is 9.43. The molecule has 0 bridgehead atoms. The highest BCUT2D eigenvalue weighted by molar-refractivity contribution is 4.88. The van der Waals surface area contributed by atoms with Gasteiger partial charge in [-0.05, 0) is 31.6 Å². The summed E-state index contributed by atoms with van der Waals surface area (Å²) in [5, 5.41) is 0. The smallest absolute Gasteiger partial charge is 0.0234 e. The number of unbranched alkanes of at least 4 members (excludes halogenated alkanes) is 6. The molecular weight excluding hydrogens is 228 g/mol. The third-order valence-corrected chi connectivity index (χ3v) is 4.53. The van der Waals surface area contributed by atoms with Crippen LogP contribution in [0.5, 0.6) is 0 Å². The molecule has 0 N–H and O–H groups in total. The van der Waals surface area contributed by atoms with E-state index >= 15 is 0 Å². The molecule has 0 unspecified atom stereocenters. The largest absolute Gasteiger partial charge is 0.0883 e. The van der Waals surface area contributed by atoms with E-state index in [4.69, 9.17) is 0 Å². The molecule has 112 valence electrons. The summed E-state index contributed by atoms with van der Waals surface area (Å²) in [6.45, 7) is 2.29. The zero-order chi connectivity index (χ0) is 13.6. The lowest BCUT2D eigenvalue weighted by Gasteiger charge is -2.10. The molecule has 0 aromatic carbocycles. The van der Waals surface area contributed by atoms with Crippen molar-refractivity contribution in [2.75, 3.05) is 0 Å². The second-order valence-corrected chi connectivity index (χ2v) is 6.44. The Labute approximate surface area is 122 Å². The average molecular weight is 264 g/mol.